The fourth-order valence-corrected chi connectivity index (χ4v) is 4.44. The van der Waals surface area contributed by atoms with E-state index in [1.165, 1.54) is 24.1 Å². The van der Waals surface area contributed by atoms with Gasteiger partial charge in [0.2, 0.25) is 0 Å². The molecule has 2 N–H and O–H groups in total. The van der Waals surface area contributed by atoms with Crippen LogP contribution in [0.1, 0.15) is 55.7 Å². The average molecular weight is 466 g/mol. The Morgan fingerprint density at radius 3 is 2.44 bits per heavy atom. The van der Waals surface area contributed by atoms with E-state index in [9.17, 15) is 24.6 Å². The van der Waals surface area contributed by atoms with Gasteiger partial charge in [0.1, 0.15) is 17.4 Å². The number of carbonyl (C=O) groups is 2. The van der Waals surface area contributed by atoms with E-state index in [2.05, 4.69) is 25.9 Å². The Kier molecular flexibility index (Phi) is 5.59. The van der Waals surface area contributed by atoms with E-state index in [0.29, 0.717) is 23.4 Å². The lowest BCUT2D eigenvalue weighted by Gasteiger charge is -2.39. The Balaban J connectivity index is 1.93. The predicted octanol–water partition coefficient (Wildman–Crippen LogP) is 3.87. The van der Waals surface area contributed by atoms with E-state index in [1.54, 1.807) is 19.3 Å². The maximum absolute atomic E-state index is 12.6. The number of aliphatic carboxylic acids is 1. The Morgan fingerprint density at radius 2 is 1.85 bits per heavy atom. The van der Waals surface area contributed by atoms with Crippen molar-refractivity contribution < 1.29 is 24.5 Å². The Labute approximate surface area is 196 Å². The first-order valence-corrected chi connectivity index (χ1v) is 10.9. The number of fused-ring (bicyclic) bond motifs is 3. The van der Waals surface area contributed by atoms with Crippen LogP contribution in [0, 0.1) is 5.41 Å². The maximum Gasteiger partial charge on any atom is 0.341 e. The molecule has 0 amide bonds. The quantitative estimate of drug-likeness (QED) is 0.586. The van der Waals surface area contributed by atoms with Crippen LogP contribution in [0.15, 0.2) is 41.6 Å². The van der Waals surface area contributed by atoms with Crippen LogP contribution >= 0.6 is 0 Å². The molecule has 0 saturated carbocycles. The van der Waals surface area contributed by atoms with Crippen LogP contribution in [-0.2, 0) is 11.2 Å². The zero-order valence-electron chi connectivity index (χ0n) is 19.7. The fraction of sp³-hybridized carbons (Fsp3) is 0.360. The second-order valence-corrected chi connectivity index (χ2v) is 9.67. The molecule has 0 spiro atoms. The SMILES string of the molecule is COc1cc2c(cc1-c1cnn(C(C)C(=O)O)c1)CC(C(C)(C)C)n1cc(C(=O)O)c(=O)cc1-2. The van der Waals surface area contributed by atoms with E-state index in [0.717, 1.165) is 16.7 Å². The number of hydrogen-bond acceptors (Lipinski definition) is 5. The molecule has 2 unspecified atom stereocenters. The predicted molar refractivity (Wildman–Crippen MR) is 125 cm³/mol. The van der Waals surface area contributed by atoms with Gasteiger partial charge in [0, 0.05) is 41.2 Å². The van der Waals surface area contributed by atoms with Crippen LogP contribution in [0.3, 0.4) is 0 Å². The number of carboxylic acids is 2. The van der Waals surface area contributed by atoms with Crippen LogP contribution in [0.4, 0.5) is 0 Å². The summed E-state index contributed by atoms with van der Waals surface area (Å²) in [5, 5.41) is 23.0. The normalized spacial score (nSPS) is 15.9. The Hall–Kier alpha value is -3.88. The van der Waals surface area contributed by atoms with Gasteiger partial charge in [-0.25, -0.2) is 9.59 Å². The number of carboxylic acid groups (broad SMARTS) is 2. The monoisotopic (exact) mass is 465 g/mol. The van der Waals surface area contributed by atoms with Crippen molar-refractivity contribution in [3.8, 4) is 28.1 Å². The highest BCUT2D eigenvalue weighted by atomic mass is 16.5. The van der Waals surface area contributed by atoms with Crippen molar-refractivity contribution in [1.82, 2.24) is 14.3 Å². The molecule has 3 heterocycles. The van der Waals surface area contributed by atoms with Gasteiger partial charge in [-0.3, -0.25) is 9.48 Å². The van der Waals surface area contributed by atoms with Crippen molar-refractivity contribution in [3.63, 3.8) is 0 Å². The highest BCUT2D eigenvalue weighted by molar-refractivity contribution is 5.88. The van der Waals surface area contributed by atoms with Gasteiger partial charge in [-0.05, 0) is 36.5 Å². The molecule has 9 nitrogen and oxygen atoms in total. The minimum Gasteiger partial charge on any atom is -0.496 e. The summed E-state index contributed by atoms with van der Waals surface area (Å²) in [7, 11) is 1.54. The zero-order valence-corrected chi connectivity index (χ0v) is 19.7. The summed E-state index contributed by atoms with van der Waals surface area (Å²) in [6.07, 6.45) is 5.33. The van der Waals surface area contributed by atoms with Crippen LogP contribution in [0.25, 0.3) is 22.4 Å². The van der Waals surface area contributed by atoms with Gasteiger partial charge in [-0.1, -0.05) is 20.8 Å². The van der Waals surface area contributed by atoms with Crippen molar-refractivity contribution in [2.75, 3.05) is 7.11 Å². The molecular formula is C25H27N3O6. The average Bonchev–Trinajstić information content (AvgIpc) is 3.25. The lowest BCUT2D eigenvalue weighted by Crippen LogP contribution is -2.32. The maximum atomic E-state index is 12.6. The third-order valence-electron chi connectivity index (χ3n) is 6.43. The van der Waals surface area contributed by atoms with Crippen LogP contribution < -0.4 is 10.2 Å². The van der Waals surface area contributed by atoms with Gasteiger partial charge < -0.3 is 19.5 Å². The van der Waals surface area contributed by atoms with Gasteiger partial charge in [0.05, 0.1) is 19.0 Å². The molecule has 2 aromatic heterocycles. The number of hydrogen-bond donors (Lipinski definition) is 2. The number of methoxy groups -OCH3 is 1. The fourth-order valence-electron chi connectivity index (χ4n) is 4.44. The molecule has 0 radical (unpaired) electrons. The van der Waals surface area contributed by atoms with E-state index in [4.69, 9.17) is 4.74 Å². The number of ether oxygens (including phenoxy) is 1. The summed E-state index contributed by atoms with van der Waals surface area (Å²) < 4.78 is 8.92. The molecule has 0 saturated heterocycles. The molecule has 1 aliphatic rings. The summed E-state index contributed by atoms with van der Waals surface area (Å²) >= 11 is 0. The van der Waals surface area contributed by atoms with Crippen LogP contribution in [-0.4, -0.2) is 43.6 Å². The summed E-state index contributed by atoms with van der Waals surface area (Å²) in [4.78, 5) is 35.6. The lowest BCUT2D eigenvalue weighted by atomic mass is 9.78. The molecule has 1 aromatic carbocycles. The molecule has 34 heavy (non-hydrogen) atoms. The number of rotatable bonds is 5. The molecular weight excluding hydrogens is 438 g/mol. The zero-order chi connectivity index (χ0) is 24.9. The summed E-state index contributed by atoms with van der Waals surface area (Å²) in [6.45, 7) is 7.78. The van der Waals surface area contributed by atoms with E-state index in [-0.39, 0.29) is 17.0 Å². The molecule has 4 rings (SSSR count). The van der Waals surface area contributed by atoms with E-state index in [1.807, 2.05) is 16.7 Å². The van der Waals surface area contributed by atoms with Crippen molar-refractivity contribution in [2.45, 2.75) is 46.2 Å². The minimum absolute atomic E-state index is 0.0929. The molecule has 3 aromatic rings. The van der Waals surface area contributed by atoms with Gasteiger partial charge >= 0.3 is 11.9 Å². The van der Waals surface area contributed by atoms with Crippen LogP contribution in [0.2, 0.25) is 0 Å². The standard InChI is InChI=1S/C25H27N3O6/c1-13(23(30)31)28-11-15(10-26-28)17-6-14-7-22(25(2,3)4)27-12-18(24(32)33)20(29)9-19(27)16(14)8-21(17)34-5/h6,8-13,22H,7H2,1-5H3,(H,30,31)(H,32,33). The first kappa shape index (κ1) is 23.3. The molecule has 1 aliphatic heterocycles. The van der Waals surface area contributed by atoms with Crippen LogP contribution in [0.5, 0.6) is 5.75 Å². The first-order valence-electron chi connectivity index (χ1n) is 10.9. The topological polar surface area (TPSA) is 124 Å². The van der Waals surface area contributed by atoms with E-state index < -0.39 is 23.4 Å². The number of aromatic carboxylic acids is 1. The second kappa shape index (κ2) is 8.16. The van der Waals surface area contributed by atoms with Gasteiger partial charge in [0.25, 0.3) is 0 Å². The van der Waals surface area contributed by atoms with E-state index >= 15 is 0 Å². The van der Waals surface area contributed by atoms with Gasteiger partial charge in [-0.15, -0.1) is 0 Å². The highest BCUT2D eigenvalue weighted by Gasteiger charge is 2.34. The lowest BCUT2D eigenvalue weighted by molar-refractivity contribution is -0.140. The van der Waals surface area contributed by atoms with Crippen molar-refractivity contribution >= 4 is 11.9 Å². The first-order chi connectivity index (χ1) is 15.9. The van der Waals surface area contributed by atoms with Crippen molar-refractivity contribution in [3.05, 3.63) is 58.1 Å². The van der Waals surface area contributed by atoms with Crippen molar-refractivity contribution in [2.24, 2.45) is 5.41 Å². The Morgan fingerprint density at radius 1 is 1.15 bits per heavy atom. The van der Waals surface area contributed by atoms with Crippen molar-refractivity contribution in [1.29, 1.82) is 0 Å². The molecule has 9 heteroatoms. The largest absolute Gasteiger partial charge is 0.496 e. The number of benzene rings is 1. The second-order valence-electron chi connectivity index (χ2n) is 9.67. The minimum atomic E-state index is -1.25. The smallest absolute Gasteiger partial charge is 0.341 e. The summed E-state index contributed by atoms with van der Waals surface area (Å²) in [6, 6.07) is 4.30. The number of pyridine rings is 1. The molecule has 2 atom stereocenters. The molecule has 178 valence electrons. The van der Waals surface area contributed by atoms with Gasteiger partial charge in [0.15, 0.2) is 5.43 Å². The third-order valence-corrected chi connectivity index (χ3v) is 6.43. The highest BCUT2D eigenvalue weighted by Crippen LogP contribution is 2.45. The third kappa shape index (κ3) is 3.87. The molecule has 0 bridgehead atoms. The summed E-state index contributed by atoms with van der Waals surface area (Å²) in [5.74, 6) is -1.70. The molecule has 0 aliphatic carbocycles. The number of nitrogens with zero attached hydrogens (tertiary/aromatic N) is 3. The number of aromatic nitrogens is 3. The Bertz CT molecular complexity index is 1360. The molecule has 0 fully saturated rings. The van der Waals surface area contributed by atoms with Gasteiger partial charge in [-0.2, -0.15) is 5.10 Å². The summed E-state index contributed by atoms with van der Waals surface area (Å²) in [5.41, 5.74) is 2.85.